The molecule has 0 aromatic rings. The summed E-state index contributed by atoms with van der Waals surface area (Å²) in [5.41, 5.74) is 0. The molecule has 0 bridgehead atoms. The van der Waals surface area contributed by atoms with Crippen LogP contribution in [0.15, 0.2) is 0 Å². The molecule has 1 aliphatic heterocycles. The van der Waals surface area contributed by atoms with Crippen LogP contribution in [0.25, 0.3) is 0 Å². The molecule has 78 valence electrons. The van der Waals surface area contributed by atoms with Gasteiger partial charge in [0.2, 0.25) is 0 Å². The van der Waals surface area contributed by atoms with Gasteiger partial charge in [0, 0.05) is 7.11 Å². The van der Waals surface area contributed by atoms with Crippen LogP contribution in [0.2, 0.25) is 0 Å². The van der Waals surface area contributed by atoms with E-state index in [2.05, 4.69) is 0 Å². The van der Waals surface area contributed by atoms with E-state index in [4.69, 9.17) is 14.6 Å². The SMILES string of the molecule is CO[C@H]1O[C@H](CO)[C@H]([17OH])[C@H](O)[C@H]1O. The predicted molar refractivity (Wildman–Crippen MR) is 40.8 cm³/mol. The monoisotopic (exact) mass is 195 g/mol. The van der Waals surface area contributed by atoms with E-state index in [1.165, 1.54) is 7.11 Å². The lowest BCUT2D eigenvalue weighted by Gasteiger charge is -2.38. The fraction of sp³-hybridized carbons (Fsp3) is 1.00. The molecular weight excluding hydrogens is 181 g/mol. The second-order valence-electron chi connectivity index (χ2n) is 2.93. The molecule has 0 spiro atoms. The van der Waals surface area contributed by atoms with Crippen LogP contribution in [0.3, 0.4) is 0 Å². The minimum atomic E-state index is -1.36. The Morgan fingerprint density at radius 2 is 2.00 bits per heavy atom. The van der Waals surface area contributed by atoms with Crippen molar-refractivity contribution >= 4 is 0 Å². The van der Waals surface area contributed by atoms with Crippen molar-refractivity contribution in [1.82, 2.24) is 0 Å². The first-order valence-electron chi connectivity index (χ1n) is 3.95. The van der Waals surface area contributed by atoms with Gasteiger partial charge in [0.25, 0.3) is 0 Å². The molecule has 0 amide bonds. The number of aliphatic hydroxyl groups is 4. The van der Waals surface area contributed by atoms with Gasteiger partial charge in [-0.1, -0.05) is 0 Å². The van der Waals surface area contributed by atoms with Gasteiger partial charge < -0.3 is 29.9 Å². The van der Waals surface area contributed by atoms with Crippen LogP contribution in [-0.4, -0.2) is 64.8 Å². The summed E-state index contributed by atoms with van der Waals surface area (Å²) in [6.07, 6.45) is -5.91. The van der Waals surface area contributed by atoms with Crippen LogP contribution in [0.5, 0.6) is 0 Å². The molecule has 5 atom stereocenters. The van der Waals surface area contributed by atoms with Crippen molar-refractivity contribution in [3.05, 3.63) is 0 Å². The molecule has 4 N–H and O–H groups in total. The summed E-state index contributed by atoms with van der Waals surface area (Å²) in [4.78, 5) is 0. The molecule has 0 saturated carbocycles. The van der Waals surface area contributed by atoms with Crippen molar-refractivity contribution < 1.29 is 29.9 Å². The average molecular weight is 195 g/mol. The highest BCUT2D eigenvalue weighted by Crippen LogP contribution is 2.20. The van der Waals surface area contributed by atoms with Gasteiger partial charge in [0.15, 0.2) is 6.29 Å². The number of hydrogen-bond acceptors (Lipinski definition) is 6. The van der Waals surface area contributed by atoms with Crippen LogP contribution in [-0.2, 0) is 9.47 Å². The molecule has 0 aromatic carbocycles. The number of hydrogen-bond donors (Lipinski definition) is 4. The van der Waals surface area contributed by atoms with Gasteiger partial charge in [-0.3, -0.25) is 0 Å². The Balaban J connectivity index is 2.66. The molecule has 0 aromatic heterocycles. The third-order valence-corrected chi connectivity index (χ3v) is 2.08. The lowest BCUT2D eigenvalue weighted by Crippen LogP contribution is -2.58. The normalized spacial score (nSPS) is 46.4. The second kappa shape index (κ2) is 4.32. The van der Waals surface area contributed by atoms with Crippen molar-refractivity contribution in [2.75, 3.05) is 13.7 Å². The molecule has 0 radical (unpaired) electrons. The van der Waals surface area contributed by atoms with Crippen molar-refractivity contribution in [2.24, 2.45) is 0 Å². The molecule has 0 aliphatic carbocycles. The van der Waals surface area contributed by atoms with Gasteiger partial charge in [-0.05, 0) is 0 Å². The van der Waals surface area contributed by atoms with E-state index in [1.54, 1.807) is 0 Å². The van der Waals surface area contributed by atoms with Crippen LogP contribution >= 0.6 is 0 Å². The average Bonchev–Trinajstić information content (AvgIpc) is 2.15. The molecule has 1 fully saturated rings. The Morgan fingerprint density at radius 1 is 1.38 bits per heavy atom. The van der Waals surface area contributed by atoms with Crippen LogP contribution in [0, 0.1) is 0 Å². The third-order valence-electron chi connectivity index (χ3n) is 2.08. The Hall–Kier alpha value is -0.240. The zero-order valence-corrected chi connectivity index (χ0v) is 7.20. The Morgan fingerprint density at radius 3 is 2.46 bits per heavy atom. The van der Waals surface area contributed by atoms with Crippen molar-refractivity contribution in [3.8, 4) is 0 Å². The summed E-state index contributed by atoms with van der Waals surface area (Å²) in [6.45, 7) is -0.440. The quantitative estimate of drug-likeness (QED) is 0.386. The first-order valence-corrected chi connectivity index (χ1v) is 3.95. The topological polar surface area (TPSA) is 99.4 Å². The lowest BCUT2D eigenvalue weighted by atomic mass is 10.00. The lowest BCUT2D eigenvalue weighted by molar-refractivity contribution is -0.294. The summed E-state index contributed by atoms with van der Waals surface area (Å²) in [7, 11) is 1.30. The fourth-order valence-electron chi connectivity index (χ4n) is 1.26. The van der Waals surface area contributed by atoms with E-state index in [0.29, 0.717) is 0 Å². The number of rotatable bonds is 2. The number of ether oxygens (including phenoxy) is 2. The summed E-state index contributed by atoms with van der Waals surface area (Å²) < 4.78 is 9.65. The number of aliphatic hydroxyl groups excluding tert-OH is 4. The minimum Gasteiger partial charge on any atom is -0.394 e. The molecular formula is C7H14O6. The van der Waals surface area contributed by atoms with E-state index in [0.717, 1.165) is 0 Å². The molecule has 6 nitrogen and oxygen atoms in total. The van der Waals surface area contributed by atoms with E-state index in [1.807, 2.05) is 0 Å². The van der Waals surface area contributed by atoms with Gasteiger partial charge >= 0.3 is 0 Å². The second-order valence-corrected chi connectivity index (χ2v) is 2.93. The third kappa shape index (κ3) is 1.98. The van der Waals surface area contributed by atoms with Gasteiger partial charge in [-0.2, -0.15) is 0 Å². The van der Waals surface area contributed by atoms with E-state index in [-0.39, 0.29) is 0 Å². The van der Waals surface area contributed by atoms with Gasteiger partial charge in [0.1, 0.15) is 24.4 Å². The molecule has 1 saturated heterocycles. The zero-order chi connectivity index (χ0) is 10.0. The first-order chi connectivity index (χ1) is 6.11. The standard InChI is InChI=1S/C7H14O6/c1-12-7-6(11)5(10)4(9)3(2-8)13-7/h3-11H,2H2,1H3/t3-,4+,5+,6-,7+/m1/s1/i9+1. The molecule has 13 heavy (non-hydrogen) atoms. The fourth-order valence-corrected chi connectivity index (χ4v) is 1.26. The molecule has 6 heteroatoms. The van der Waals surface area contributed by atoms with E-state index >= 15 is 0 Å². The highest BCUT2D eigenvalue weighted by Gasteiger charge is 2.43. The smallest absolute Gasteiger partial charge is 0.186 e. The summed E-state index contributed by atoms with van der Waals surface area (Å²) >= 11 is 0. The Kier molecular flexibility index (Phi) is 3.60. The van der Waals surface area contributed by atoms with Gasteiger partial charge in [0.05, 0.1) is 6.61 Å². The Labute approximate surface area is 75.3 Å². The van der Waals surface area contributed by atoms with Crippen LogP contribution in [0.4, 0.5) is 0 Å². The maximum absolute atomic E-state index is 9.28. The molecule has 1 heterocycles. The van der Waals surface area contributed by atoms with E-state index < -0.39 is 37.3 Å². The highest BCUT2D eigenvalue weighted by atomic mass is 17.2. The summed E-state index contributed by atoms with van der Waals surface area (Å²) in [6, 6.07) is 0. The molecule has 1 rings (SSSR count). The maximum atomic E-state index is 9.28. The van der Waals surface area contributed by atoms with Crippen LogP contribution < -0.4 is 0 Å². The summed E-state index contributed by atoms with van der Waals surface area (Å²) in [5.74, 6) is 0. The zero-order valence-electron chi connectivity index (χ0n) is 7.20. The highest BCUT2D eigenvalue weighted by molar-refractivity contribution is 4.88. The van der Waals surface area contributed by atoms with Gasteiger partial charge in [-0.25, -0.2) is 0 Å². The Bertz CT molecular complexity index is 143. The minimum absolute atomic E-state index is 0.440. The van der Waals surface area contributed by atoms with Crippen molar-refractivity contribution in [2.45, 2.75) is 30.7 Å². The van der Waals surface area contributed by atoms with Gasteiger partial charge in [-0.15, -0.1) is 0 Å². The number of methoxy groups -OCH3 is 1. The maximum Gasteiger partial charge on any atom is 0.186 e. The summed E-state index contributed by atoms with van der Waals surface area (Å²) in [5, 5.41) is 36.6. The predicted octanol–water partition coefficient (Wildman–Crippen LogP) is -2.57. The first kappa shape index (κ1) is 10.8. The van der Waals surface area contributed by atoms with Crippen molar-refractivity contribution in [1.29, 1.82) is 0 Å². The van der Waals surface area contributed by atoms with E-state index in [9.17, 15) is 15.3 Å². The van der Waals surface area contributed by atoms with Crippen molar-refractivity contribution in [3.63, 3.8) is 0 Å². The molecule has 1 aliphatic rings. The largest absolute Gasteiger partial charge is 0.394 e. The van der Waals surface area contributed by atoms with Crippen LogP contribution in [0.1, 0.15) is 0 Å². The molecule has 0 unspecified atom stereocenters.